The minimum atomic E-state index is -0.858. The van der Waals surface area contributed by atoms with E-state index in [1.807, 2.05) is 13.8 Å². The second kappa shape index (κ2) is 6.79. The average Bonchev–Trinajstić information content (AvgIpc) is 2.90. The van der Waals surface area contributed by atoms with Crippen LogP contribution in [0.1, 0.15) is 25.3 Å². The van der Waals surface area contributed by atoms with E-state index in [2.05, 4.69) is 0 Å². The molecule has 1 aromatic carbocycles. The van der Waals surface area contributed by atoms with E-state index in [0.29, 0.717) is 11.3 Å². The summed E-state index contributed by atoms with van der Waals surface area (Å²) in [5.41, 5.74) is 0.555. The van der Waals surface area contributed by atoms with Crippen LogP contribution < -0.4 is 4.74 Å². The Morgan fingerprint density at radius 1 is 1.45 bits per heavy atom. The van der Waals surface area contributed by atoms with Crippen LogP contribution in [0.3, 0.4) is 0 Å². The molecule has 0 aliphatic carbocycles. The number of ether oxygens (including phenoxy) is 2. The van der Waals surface area contributed by atoms with Gasteiger partial charge in [-0.3, -0.25) is 4.79 Å². The highest BCUT2D eigenvalue weighted by Crippen LogP contribution is 2.30. The Morgan fingerprint density at radius 2 is 2.14 bits per heavy atom. The number of aliphatic hydroxyl groups is 1. The van der Waals surface area contributed by atoms with Gasteiger partial charge in [0.2, 0.25) is 5.91 Å². The van der Waals surface area contributed by atoms with Gasteiger partial charge in [-0.2, -0.15) is 0 Å². The van der Waals surface area contributed by atoms with Gasteiger partial charge in [0.05, 0.1) is 25.7 Å². The summed E-state index contributed by atoms with van der Waals surface area (Å²) < 4.78 is 10.2. The smallest absolute Gasteiger partial charge is 0.417 e. The second-order valence-corrected chi connectivity index (χ2v) is 5.57. The van der Waals surface area contributed by atoms with Crippen LogP contribution in [0.25, 0.3) is 0 Å². The highest BCUT2D eigenvalue weighted by Gasteiger charge is 2.42. The quantitative estimate of drug-likeness (QED) is 0.897. The number of cyclic esters (lactones) is 1. The normalized spacial score (nSPS) is 19.2. The predicted octanol–water partition coefficient (Wildman–Crippen LogP) is 1.77. The molecule has 22 heavy (non-hydrogen) atoms. The maximum absolute atomic E-state index is 12.8. The fraction of sp³-hybridized carbons (Fsp3) is 0.500. The lowest BCUT2D eigenvalue weighted by Gasteiger charge is -2.26. The van der Waals surface area contributed by atoms with Crippen LogP contribution in [0.15, 0.2) is 24.3 Å². The number of methoxy groups -OCH3 is 1. The fourth-order valence-electron chi connectivity index (χ4n) is 2.61. The van der Waals surface area contributed by atoms with Gasteiger partial charge in [-0.25, -0.2) is 9.69 Å². The van der Waals surface area contributed by atoms with E-state index in [0.717, 1.165) is 4.90 Å². The molecule has 6 nitrogen and oxygen atoms in total. The molecule has 0 aromatic heterocycles. The summed E-state index contributed by atoms with van der Waals surface area (Å²) >= 11 is 0. The maximum atomic E-state index is 12.8. The minimum absolute atomic E-state index is 0.0763. The Kier molecular flexibility index (Phi) is 5.03. The van der Waals surface area contributed by atoms with E-state index < -0.39 is 24.5 Å². The number of benzene rings is 1. The first kappa shape index (κ1) is 16.3. The van der Waals surface area contributed by atoms with Gasteiger partial charge in [0.25, 0.3) is 0 Å². The zero-order valence-electron chi connectivity index (χ0n) is 13.0. The van der Waals surface area contributed by atoms with Crippen LogP contribution in [0.2, 0.25) is 0 Å². The van der Waals surface area contributed by atoms with E-state index in [-0.39, 0.29) is 18.6 Å². The summed E-state index contributed by atoms with van der Waals surface area (Å²) in [4.78, 5) is 25.8. The van der Waals surface area contributed by atoms with Crippen LogP contribution in [-0.4, -0.2) is 48.4 Å². The number of hydrogen-bond acceptors (Lipinski definition) is 5. The Morgan fingerprint density at radius 3 is 2.73 bits per heavy atom. The largest absolute Gasteiger partial charge is 0.496 e. The molecule has 1 aliphatic rings. The third kappa shape index (κ3) is 2.92. The third-order valence-electron chi connectivity index (χ3n) is 3.91. The first-order valence-corrected chi connectivity index (χ1v) is 7.24. The molecule has 0 radical (unpaired) electrons. The van der Waals surface area contributed by atoms with Gasteiger partial charge in [-0.15, -0.1) is 0 Å². The summed E-state index contributed by atoms with van der Waals surface area (Å²) in [7, 11) is 1.50. The molecule has 0 unspecified atom stereocenters. The highest BCUT2D eigenvalue weighted by atomic mass is 16.6. The van der Waals surface area contributed by atoms with Crippen molar-refractivity contribution in [3.63, 3.8) is 0 Å². The molecule has 1 saturated heterocycles. The van der Waals surface area contributed by atoms with Crippen molar-refractivity contribution in [3.05, 3.63) is 29.8 Å². The number of carbonyl (C=O) groups excluding carboxylic acids is 2. The van der Waals surface area contributed by atoms with E-state index in [1.54, 1.807) is 24.3 Å². The van der Waals surface area contributed by atoms with Crippen molar-refractivity contribution in [2.45, 2.75) is 25.8 Å². The first-order chi connectivity index (χ1) is 10.5. The number of imide groups is 1. The number of rotatable bonds is 5. The lowest BCUT2D eigenvalue weighted by Crippen LogP contribution is -2.45. The van der Waals surface area contributed by atoms with Gasteiger partial charge in [-0.05, 0) is 12.0 Å². The lowest BCUT2D eigenvalue weighted by molar-refractivity contribution is -0.132. The Labute approximate surface area is 129 Å². The van der Waals surface area contributed by atoms with E-state index in [1.165, 1.54) is 7.11 Å². The fourth-order valence-corrected chi connectivity index (χ4v) is 2.61. The molecule has 0 spiro atoms. The number of amides is 2. The Hall–Kier alpha value is -2.08. The molecule has 1 aliphatic heterocycles. The molecule has 0 bridgehead atoms. The van der Waals surface area contributed by atoms with E-state index in [4.69, 9.17) is 9.47 Å². The molecule has 1 N–H and O–H groups in total. The molecule has 6 heteroatoms. The molecule has 2 rings (SSSR count). The highest BCUT2D eigenvalue weighted by molar-refractivity contribution is 5.97. The SMILES string of the molecule is COc1ccccc1[C@H](CO)C(=O)N1C(=O)OC[C@@H]1C(C)C. The van der Waals surface area contributed by atoms with Gasteiger partial charge in [0, 0.05) is 5.56 Å². The molecular weight excluding hydrogens is 286 g/mol. The van der Waals surface area contributed by atoms with Gasteiger partial charge in [-0.1, -0.05) is 32.0 Å². The molecule has 1 heterocycles. The molecule has 1 aromatic rings. The monoisotopic (exact) mass is 307 g/mol. The minimum Gasteiger partial charge on any atom is -0.496 e. The molecular formula is C16H21NO5. The van der Waals surface area contributed by atoms with Crippen molar-refractivity contribution in [2.24, 2.45) is 5.92 Å². The van der Waals surface area contributed by atoms with Gasteiger partial charge in [0.1, 0.15) is 12.4 Å². The van der Waals surface area contributed by atoms with Gasteiger partial charge >= 0.3 is 6.09 Å². The van der Waals surface area contributed by atoms with Crippen molar-refractivity contribution in [3.8, 4) is 5.75 Å². The number of carbonyl (C=O) groups is 2. The van der Waals surface area contributed by atoms with Crippen LogP contribution in [0.4, 0.5) is 4.79 Å². The lowest BCUT2D eigenvalue weighted by atomic mass is 9.95. The predicted molar refractivity (Wildman–Crippen MR) is 79.6 cm³/mol. The summed E-state index contributed by atoms with van der Waals surface area (Å²) in [6, 6.07) is 6.65. The standard InChI is InChI=1S/C16H21NO5/c1-10(2)13-9-22-16(20)17(13)15(19)12(8-18)11-6-4-5-7-14(11)21-3/h4-7,10,12-13,18H,8-9H2,1-3H3/t12-,13+/m0/s1. The van der Waals surface area contributed by atoms with Crippen molar-refractivity contribution in [1.82, 2.24) is 4.90 Å². The van der Waals surface area contributed by atoms with Gasteiger partial charge in [0.15, 0.2) is 0 Å². The van der Waals surface area contributed by atoms with Gasteiger partial charge < -0.3 is 14.6 Å². The summed E-state index contributed by atoms with van der Waals surface area (Å²) in [6.45, 7) is 3.62. The van der Waals surface area contributed by atoms with Crippen LogP contribution >= 0.6 is 0 Å². The molecule has 2 atom stereocenters. The summed E-state index contributed by atoms with van der Waals surface area (Å²) in [5, 5.41) is 9.69. The van der Waals surface area contributed by atoms with Crippen molar-refractivity contribution in [2.75, 3.05) is 20.3 Å². The summed E-state index contributed by atoms with van der Waals surface area (Å²) in [6.07, 6.45) is -0.656. The Balaban J connectivity index is 2.34. The zero-order valence-corrected chi connectivity index (χ0v) is 13.0. The molecule has 1 fully saturated rings. The average molecular weight is 307 g/mol. The number of aliphatic hydroxyl groups excluding tert-OH is 1. The second-order valence-electron chi connectivity index (χ2n) is 5.57. The van der Waals surface area contributed by atoms with Crippen molar-refractivity contribution < 1.29 is 24.2 Å². The van der Waals surface area contributed by atoms with Crippen molar-refractivity contribution in [1.29, 1.82) is 0 Å². The first-order valence-electron chi connectivity index (χ1n) is 7.24. The maximum Gasteiger partial charge on any atom is 0.417 e. The van der Waals surface area contributed by atoms with Crippen LogP contribution in [0.5, 0.6) is 5.75 Å². The van der Waals surface area contributed by atoms with E-state index in [9.17, 15) is 14.7 Å². The topological polar surface area (TPSA) is 76.1 Å². The number of para-hydroxylation sites is 1. The molecule has 0 saturated carbocycles. The van der Waals surface area contributed by atoms with Crippen molar-refractivity contribution >= 4 is 12.0 Å². The molecule has 120 valence electrons. The zero-order chi connectivity index (χ0) is 16.3. The Bertz CT molecular complexity index is 557. The number of nitrogens with zero attached hydrogens (tertiary/aromatic N) is 1. The van der Waals surface area contributed by atoms with Crippen LogP contribution in [-0.2, 0) is 9.53 Å². The van der Waals surface area contributed by atoms with E-state index >= 15 is 0 Å². The molecule has 2 amide bonds. The summed E-state index contributed by atoms with van der Waals surface area (Å²) in [5.74, 6) is -0.743. The number of hydrogen-bond donors (Lipinski definition) is 1. The third-order valence-corrected chi connectivity index (χ3v) is 3.91. The van der Waals surface area contributed by atoms with Crippen LogP contribution in [0, 0.1) is 5.92 Å².